The van der Waals surface area contributed by atoms with E-state index in [1.54, 1.807) is 0 Å². The van der Waals surface area contributed by atoms with E-state index in [1.165, 1.54) is 5.56 Å². The number of aromatic nitrogens is 1. The summed E-state index contributed by atoms with van der Waals surface area (Å²) in [6, 6.07) is 24.2. The molecule has 1 N–H and O–H groups in total. The number of amides is 2. The normalized spacial score (nSPS) is 16.0. The van der Waals surface area contributed by atoms with Gasteiger partial charge in [-0.25, -0.2) is 9.78 Å². The molecule has 1 atom stereocenters. The molecular weight excluding hydrogens is 386 g/mol. The molecule has 1 aliphatic heterocycles. The zero-order chi connectivity index (χ0) is 21.2. The summed E-state index contributed by atoms with van der Waals surface area (Å²) in [6.45, 7) is 3.31. The van der Waals surface area contributed by atoms with E-state index < -0.39 is 0 Å². The maximum atomic E-state index is 12.8. The third-order valence-corrected chi connectivity index (χ3v) is 5.84. The standard InChI is InChI=1S/C26H25N3O2/c1-18-7-5-10-20(15-18)21-12-13-24-22(16-21)28-25(31-24)23-11-6-14-29(23)26(30)27-17-19-8-3-2-4-9-19/h2-5,7-10,12-13,15-16,23H,6,11,14,17H2,1H3,(H,27,30). The molecule has 1 saturated heterocycles. The average Bonchev–Trinajstić information content (AvgIpc) is 3.44. The second-order valence-corrected chi connectivity index (χ2v) is 8.10. The van der Waals surface area contributed by atoms with Crippen molar-refractivity contribution in [3.63, 3.8) is 0 Å². The van der Waals surface area contributed by atoms with Crippen LogP contribution in [-0.4, -0.2) is 22.5 Å². The molecule has 5 heteroatoms. The quantitative estimate of drug-likeness (QED) is 0.458. The zero-order valence-corrected chi connectivity index (χ0v) is 17.5. The maximum Gasteiger partial charge on any atom is 0.318 e. The Bertz CT molecular complexity index is 1220. The van der Waals surface area contributed by atoms with Gasteiger partial charge in [-0.2, -0.15) is 0 Å². The lowest BCUT2D eigenvalue weighted by molar-refractivity contribution is 0.184. The molecule has 5 rings (SSSR count). The van der Waals surface area contributed by atoms with Crippen molar-refractivity contribution in [2.24, 2.45) is 0 Å². The van der Waals surface area contributed by atoms with Gasteiger partial charge < -0.3 is 14.6 Å². The number of carbonyl (C=O) groups is 1. The van der Waals surface area contributed by atoms with Gasteiger partial charge in [0.25, 0.3) is 0 Å². The SMILES string of the molecule is Cc1cccc(-c2ccc3oc(C4CCCN4C(=O)NCc4ccccc4)nc3c2)c1. The van der Waals surface area contributed by atoms with Gasteiger partial charge in [0, 0.05) is 13.1 Å². The molecule has 0 bridgehead atoms. The number of fused-ring (bicyclic) bond motifs is 1. The third-order valence-electron chi connectivity index (χ3n) is 5.84. The van der Waals surface area contributed by atoms with E-state index in [2.05, 4.69) is 48.6 Å². The Morgan fingerprint density at radius 1 is 1.06 bits per heavy atom. The van der Waals surface area contributed by atoms with E-state index in [0.717, 1.165) is 40.6 Å². The van der Waals surface area contributed by atoms with E-state index in [4.69, 9.17) is 9.40 Å². The smallest absolute Gasteiger partial charge is 0.318 e. The Morgan fingerprint density at radius 3 is 2.74 bits per heavy atom. The van der Waals surface area contributed by atoms with Gasteiger partial charge in [0.05, 0.1) is 0 Å². The van der Waals surface area contributed by atoms with Crippen LogP contribution in [0.1, 0.15) is 35.9 Å². The highest BCUT2D eigenvalue weighted by molar-refractivity contribution is 5.81. The minimum atomic E-state index is -0.134. The topological polar surface area (TPSA) is 58.4 Å². The van der Waals surface area contributed by atoms with Crippen molar-refractivity contribution in [1.82, 2.24) is 15.2 Å². The first-order valence-corrected chi connectivity index (χ1v) is 10.7. The van der Waals surface area contributed by atoms with Gasteiger partial charge in [0.2, 0.25) is 5.89 Å². The summed E-state index contributed by atoms with van der Waals surface area (Å²) in [5.41, 5.74) is 6.15. The summed E-state index contributed by atoms with van der Waals surface area (Å²) in [6.07, 6.45) is 1.80. The summed E-state index contributed by atoms with van der Waals surface area (Å²) >= 11 is 0. The van der Waals surface area contributed by atoms with E-state index in [1.807, 2.05) is 41.3 Å². The fourth-order valence-corrected chi connectivity index (χ4v) is 4.23. The number of carbonyl (C=O) groups excluding carboxylic acids is 1. The van der Waals surface area contributed by atoms with E-state index in [0.29, 0.717) is 19.0 Å². The molecule has 0 aliphatic carbocycles. The lowest BCUT2D eigenvalue weighted by atomic mass is 10.0. The largest absolute Gasteiger partial charge is 0.438 e. The summed E-state index contributed by atoms with van der Waals surface area (Å²) in [7, 11) is 0. The van der Waals surface area contributed by atoms with E-state index in [-0.39, 0.29) is 12.1 Å². The number of nitrogens with zero attached hydrogens (tertiary/aromatic N) is 2. The first kappa shape index (κ1) is 19.4. The minimum absolute atomic E-state index is 0.0749. The molecule has 4 aromatic rings. The van der Waals surface area contributed by atoms with Crippen molar-refractivity contribution in [2.45, 2.75) is 32.4 Å². The van der Waals surface area contributed by atoms with Crippen LogP contribution < -0.4 is 5.32 Å². The Hall–Kier alpha value is -3.60. The number of likely N-dealkylation sites (tertiary alicyclic amines) is 1. The summed E-state index contributed by atoms with van der Waals surface area (Å²) in [5, 5.41) is 3.03. The molecule has 156 valence electrons. The van der Waals surface area contributed by atoms with Gasteiger partial charge >= 0.3 is 6.03 Å². The highest BCUT2D eigenvalue weighted by Gasteiger charge is 2.33. The van der Waals surface area contributed by atoms with Crippen molar-refractivity contribution in [3.05, 3.63) is 89.8 Å². The van der Waals surface area contributed by atoms with E-state index >= 15 is 0 Å². The highest BCUT2D eigenvalue weighted by atomic mass is 16.4. The number of oxazole rings is 1. The zero-order valence-electron chi connectivity index (χ0n) is 17.5. The first-order valence-electron chi connectivity index (χ1n) is 10.7. The van der Waals surface area contributed by atoms with Crippen LogP contribution in [0.25, 0.3) is 22.2 Å². The van der Waals surface area contributed by atoms with Gasteiger partial charge in [0.1, 0.15) is 11.6 Å². The van der Waals surface area contributed by atoms with Gasteiger partial charge in [-0.05, 0) is 48.6 Å². The fraction of sp³-hybridized carbons (Fsp3) is 0.231. The van der Waals surface area contributed by atoms with Crippen molar-refractivity contribution in [3.8, 4) is 11.1 Å². The molecular formula is C26H25N3O2. The van der Waals surface area contributed by atoms with Crippen molar-refractivity contribution < 1.29 is 9.21 Å². The van der Waals surface area contributed by atoms with Gasteiger partial charge in [-0.1, -0.05) is 66.2 Å². The molecule has 0 radical (unpaired) electrons. The van der Waals surface area contributed by atoms with Crippen LogP contribution in [0.15, 0.2) is 77.2 Å². The van der Waals surface area contributed by atoms with Crippen LogP contribution in [0, 0.1) is 6.92 Å². The van der Waals surface area contributed by atoms with Crippen molar-refractivity contribution in [1.29, 1.82) is 0 Å². The van der Waals surface area contributed by atoms with Gasteiger partial charge in [0.15, 0.2) is 5.58 Å². The van der Waals surface area contributed by atoms with Gasteiger partial charge in [-0.3, -0.25) is 0 Å². The molecule has 1 aromatic heterocycles. The molecule has 0 saturated carbocycles. The number of hydrogen-bond donors (Lipinski definition) is 1. The minimum Gasteiger partial charge on any atom is -0.438 e. The molecule has 2 heterocycles. The third kappa shape index (κ3) is 4.04. The van der Waals surface area contributed by atoms with Crippen LogP contribution in [-0.2, 0) is 6.54 Å². The van der Waals surface area contributed by atoms with Gasteiger partial charge in [-0.15, -0.1) is 0 Å². The molecule has 1 fully saturated rings. The Morgan fingerprint density at radius 2 is 1.90 bits per heavy atom. The first-order chi connectivity index (χ1) is 15.2. The lowest BCUT2D eigenvalue weighted by Crippen LogP contribution is -2.39. The summed E-state index contributed by atoms with van der Waals surface area (Å²) < 4.78 is 6.08. The van der Waals surface area contributed by atoms with Crippen LogP contribution >= 0.6 is 0 Å². The maximum absolute atomic E-state index is 12.8. The average molecular weight is 412 g/mol. The number of hydrogen-bond acceptors (Lipinski definition) is 3. The molecule has 1 unspecified atom stereocenters. The second kappa shape index (κ2) is 8.26. The Labute approximate surface area is 181 Å². The predicted octanol–water partition coefficient (Wildman–Crippen LogP) is 5.85. The van der Waals surface area contributed by atoms with Crippen molar-refractivity contribution in [2.75, 3.05) is 6.54 Å². The van der Waals surface area contributed by atoms with Crippen LogP contribution in [0.4, 0.5) is 4.79 Å². The number of nitrogens with one attached hydrogen (secondary N) is 1. The van der Waals surface area contributed by atoms with Crippen LogP contribution in [0.3, 0.4) is 0 Å². The second-order valence-electron chi connectivity index (χ2n) is 8.10. The fourth-order valence-electron chi connectivity index (χ4n) is 4.23. The van der Waals surface area contributed by atoms with Crippen LogP contribution in [0.2, 0.25) is 0 Å². The van der Waals surface area contributed by atoms with Crippen LogP contribution in [0.5, 0.6) is 0 Å². The molecule has 31 heavy (non-hydrogen) atoms. The Kier molecular flexibility index (Phi) is 5.16. The summed E-state index contributed by atoms with van der Waals surface area (Å²) in [5.74, 6) is 0.615. The Balaban J connectivity index is 1.36. The monoisotopic (exact) mass is 411 g/mol. The predicted molar refractivity (Wildman–Crippen MR) is 122 cm³/mol. The highest BCUT2D eigenvalue weighted by Crippen LogP contribution is 2.34. The number of rotatable bonds is 4. The number of benzene rings is 3. The summed E-state index contributed by atoms with van der Waals surface area (Å²) in [4.78, 5) is 19.4. The van der Waals surface area contributed by atoms with Crippen molar-refractivity contribution >= 4 is 17.1 Å². The molecule has 5 nitrogen and oxygen atoms in total. The molecule has 1 aliphatic rings. The molecule has 3 aromatic carbocycles. The number of urea groups is 1. The lowest BCUT2D eigenvalue weighted by Gasteiger charge is -2.22. The van der Waals surface area contributed by atoms with E-state index in [9.17, 15) is 4.79 Å². The molecule has 2 amide bonds. The molecule has 0 spiro atoms. The number of aryl methyl sites for hydroxylation is 1.